The second kappa shape index (κ2) is 2.38. The Morgan fingerprint density at radius 2 is 2.27 bits per heavy atom. The van der Waals surface area contributed by atoms with Gasteiger partial charge in [0, 0.05) is 17.8 Å². The lowest BCUT2D eigenvalue weighted by Crippen LogP contribution is -2.06. The smallest absolute Gasteiger partial charge is 0.186 e. The highest BCUT2D eigenvalue weighted by Crippen LogP contribution is 2.37. The van der Waals surface area contributed by atoms with Crippen molar-refractivity contribution in [2.75, 3.05) is 0 Å². The van der Waals surface area contributed by atoms with E-state index in [4.69, 9.17) is 11.6 Å². The Bertz CT molecular complexity index is 327. The third-order valence-corrected chi connectivity index (χ3v) is 2.14. The highest BCUT2D eigenvalue weighted by atomic mass is 35.5. The highest BCUT2D eigenvalue weighted by molar-refractivity contribution is 6.29. The summed E-state index contributed by atoms with van der Waals surface area (Å²) in [5, 5.41) is 0.416. The molecule has 2 rings (SSSR count). The molecule has 0 radical (unpaired) electrons. The minimum Gasteiger partial charge on any atom is -0.352 e. The zero-order chi connectivity index (χ0) is 7.84. The van der Waals surface area contributed by atoms with E-state index in [1.54, 1.807) is 6.20 Å². The molecule has 58 valence electrons. The zero-order valence-corrected chi connectivity index (χ0v) is 6.69. The molecule has 2 nitrogen and oxygen atoms in total. The number of aromatic amines is 1. The van der Waals surface area contributed by atoms with Crippen LogP contribution >= 0.6 is 11.6 Å². The van der Waals surface area contributed by atoms with Gasteiger partial charge >= 0.3 is 0 Å². The summed E-state index contributed by atoms with van der Waals surface area (Å²) in [5.41, 5.74) is 0.950. The molecule has 3 heteroatoms. The first-order chi connectivity index (χ1) is 5.27. The summed E-state index contributed by atoms with van der Waals surface area (Å²) in [6.07, 6.45) is 4.01. The van der Waals surface area contributed by atoms with Gasteiger partial charge < -0.3 is 4.98 Å². The summed E-state index contributed by atoms with van der Waals surface area (Å²) in [4.78, 5) is 14.0. The van der Waals surface area contributed by atoms with Crippen molar-refractivity contribution in [2.24, 2.45) is 0 Å². The number of hydrogen-bond acceptors (Lipinski definition) is 1. The molecule has 1 heterocycles. The predicted octanol–water partition coefficient (Wildman–Crippen LogP) is 1.91. The summed E-state index contributed by atoms with van der Waals surface area (Å²) in [7, 11) is 0. The average molecular weight is 170 g/mol. The molecule has 1 saturated carbocycles. The van der Waals surface area contributed by atoms with Gasteiger partial charge in [0.1, 0.15) is 5.15 Å². The van der Waals surface area contributed by atoms with Crippen molar-refractivity contribution in [2.45, 2.75) is 18.8 Å². The van der Waals surface area contributed by atoms with Crippen LogP contribution in [0.4, 0.5) is 0 Å². The van der Waals surface area contributed by atoms with Gasteiger partial charge in [-0.2, -0.15) is 0 Å². The maximum Gasteiger partial charge on any atom is 0.186 e. The molecule has 1 aromatic rings. The number of aromatic nitrogens is 1. The fourth-order valence-corrected chi connectivity index (χ4v) is 1.32. The molecule has 1 aliphatic carbocycles. The molecule has 11 heavy (non-hydrogen) atoms. The SMILES string of the molecule is O=c1cc(Cl)[nH]cc1C1CC1. The summed E-state index contributed by atoms with van der Waals surface area (Å²) in [5.74, 6) is 0.496. The molecule has 1 N–H and O–H groups in total. The number of nitrogens with one attached hydrogen (secondary N) is 1. The van der Waals surface area contributed by atoms with Crippen molar-refractivity contribution >= 4 is 11.6 Å². The van der Waals surface area contributed by atoms with Crippen LogP contribution in [0.15, 0.2) is 17.1 Å². The van der Waals surface area contributed by atoms with E-state index in [2.05, 4.69) is 4.98 Å². The number of H-pyrrole nitrogens is 1. The van der Waals surface area contributed by atoms with E-state index < -0.39 is 0 Å². The van der Waals surface area contributed by atoms with Crippen LogP contribution in [0.5, 0.6) is 0 Å². The molecule has 1 fully saturated rings. The first-order valence-corrected chi connectivity index (χ1v) is 4.03. The fourth-order valence-electron chi connectivity index (χ4n) is 1.17. The first kappa shape index (κ1) is 6.92. The lowest BCUT2D eigenvalue weighted by Gasteiger charge is -1.95. The van der Waals surface area contributed by atoms with Crippen LogP contribution in [0, 0.1) is 0 Å². The Hall–Kier alpha value is -0.760. The lowest BCUT2D eigenvalue weighted by molar-refractivity contribution is 1.07. The Morgan fingerprint density at radius 1 is 1.55 bits per heavy atom. The van der Waals surface area contributed by atoms with Gasteiger partial charge in [0.15, 0.2) is 5.43 Å². The molecule has 0 spiro atoms. The molecular weight excluding hydrogens is 162 g/mol. The average Bonchev–Trinajstić information content (AvgIpc) is 2.70. The minimum absolute atomic E-state index is 0.0660. The minimum atomic E-state index is 0.0660. The molecule has 0 unspecified atom stereocenters. The first-order valence-electron chi connectivity index (χ1n) is 3.65. The van der Waals surface area contributed by atoms with E-state index in [1.807, 2.05) is 0 Å². The van der Waals surface area contributed by atoms with E-state index in [0.29, 0.717) is 11.1 Å². The monoisotopic (exact) mass is 169 g/mol. The van der Waals surface area contributed by atoms with Crippen molar-refractivity contribution < 1.29 is 0 Å². The number of rotatable bonds is 1. The Labute approximate surface area is 69.2 Å². The van der Waals surface area contributed by atoms with Crippen molar-refractivity contribution in [3.05, 3.63) is 33.2 Å². The second-order valence-electron chi connectivity index (χ2n) is 2.87. The van der Waals surface area contributed by atoms with E-state index in [-0.39, 0.29) is 5.43 Å². The van der Waals surface area contributed by atoms with Crippen molar-refractivity contribution in [3.63, 3.8) is 0 Å². The van der Waals surface area contributed by atoms with Gasteiger partial charge in [-0.1, -0.05) is 11.6 Å². The Morgan fingerprint density at radius 3 is 2.82 bits per heavy atom. The maximum atomic E-state index is 11.2. The normalized spacial score (nSPS) is 16.8. The lowest BCUT2D eigenvalue weighted by atomic mass is 10.2. The van der Waals surface area contributed by atoms with E-state index >= 15 is 0 Å². The van der Waals surface area contributed by atoms with Crippen molar-refractivity contribution in [3.8, 4) is 0 Å². The summed E-state index contributed by atoms with van der Waals surface area (Å²) < 4.78 is 0. The van der Waals surface area contributed by atoms with E-state index in [0.717, 1.165) is 18.4 Å². The molecule has 0 amide bonds. The van der Waals surface area contributed by atoms with Crippen molar-refractivity contribution in [1.29, 1.82) is 0 Å². The van der Waals surface area contributed by atoms with Gasteiger partial charge in [0.25, 0.3) is 0 Å². The van der Waals surface area contributed by atoms with Crippen LogP contribution in [-0.2, 0) is 0 Å². The van der Waals surface area contributed by atoms with Gasteiger partial charge in [-0.05, 0) is 18.8 Å². The van der Waals surface area contributed by atoms with E-state index in [9.17, 15) is 4.79 Å². The molecule has 0 aliphatic heterocycles. The third-order valence-electron chi connectivity index (χ3n) is 1.93. The van der Waals surface area contributed by atoms with Crippen molar-refractivity contribution in [1.82, 2.24) is 4.98 Å². The molecule has 1 aliphatic rings. The van der Waals surface area contributed by atoms with Gasteiger partial charge in [0.2, 0.25) is 0 Å². The summed E-state index contributed by atoms with van der Waals surface area (Å²) in [6.45, 7) is 0. The third kappa shape index (κ3) is 1.31. The topological polar surface area (TPSA) is 32.9 Å². The number of pyridine rings is 1. The fraction of sp³-hybridized carbons (Fsp3) is 0.375. The molecule has 0 bridgehead atoms. The van der Waals surface area contributed by atoms with Gasteiger partial charge in [-0.25, -0.2) is 0 Å². The predicted molar refractivity (Wildman–Crippen MR) is 44.0 cm³/mol. The quantitative estimate of drug-likeness (QED) is 0.640. The van der Waals surface area contributed by atoms with Gasteiger partial charge in [0.05, 0.1) is 0 Å². The second-order valence-corrected chi connectivity index (χ2v) is 3.28. The molecule has 1 aromatic heterocycles. The largest absolute Gasteiger partial charge is 0.352 e. The number of halogens is 1. The Balaban J connectivity index is 2.48. The summed E-state index contributed by atoms with van der Waals surface area (Å²) in [6, 6.07) is 1.44. The summed E-state index contributed by atoms with van der Waals surface area (Å²) >= 11 is 5.59. The van der Waals surface area contributed by atoms with Crippen LogP contribution in [0.2, 0.25) is 5.15 Å². The van der Waals surface area contributed by atoms with Crippen LogP contribution < -0.4 is 5.43 Å². The van der Waals surface area contributed by atoms with Gasteiger partial charge in [-0.3, -0.25) is 4.79 Å². The Kier molecular flexibility index (Phi) is 1.50. The molecular formula is C8H8ClNO. The molecule has 0 atom stereocenters. The maximum absolute atomic E-state index is 11.2. The zero-order valence-electron chi connectivity index (χ0n) is 5.93. The number of hydrogen-bond donors (Lipinski definition) is 1. The highest BCUT2D eigenvalue weighted by Gasteiger charge is 2.25. The molecule has 0 aromatic carbocycles. The molecule has 0 saturated heterocycles. The van der Waals surface area contributed by atoms with Gasteiger partial charge in [-0.15, -0.1) is 0 Å². The van der Waals surface area contributed by atoms with E-state index in [1.165, 1.54) is 6.07 Å². The van der Waals surface area contributed by atoms with Crippen LogP contribution in [-0.4, -0.2) is 4.98 Å². The van der Waals surface area contributed by atoms with Crippen LogP contribution in [0.1, 0.15) is 24.3 Å². The van der Waals surface area contributed by atoms with Crippen LogP contribution in [0.25, 0.3) is 0 Å². The standard InChI is InChI=1S/C8H8ClNO/c9-8-3-7(11)6(4-10-8)5-1-2-5/h3-5H,1-2H2,(H,10,11). The van der Waals surface area contributed by atoms with Crippen LogP contribution in [0.3, 0.4) is 0 Å².